The number of alkyl halides is 2. The van der Waals surface area contributed by atoms with Crippen LogP contribution in [0.25, 0.3) is 0 Å². The van der Waals surface area contributed by atoms with E-state index in [1.54, 1.807) is 0 Å². The van der Waals surface area contributed by atoms with Crippen LogP contribution in [0.2, 0.25) is 0 Å². The number of carbonyl (C=O) groups excluding carboxylic acids is 2. The van der Waals surface area contributed by atoms with E-state index in [-0.39, 0.29) is 21.5 Å². The molecule has 8 atom stereocenters. The van der Waals surface area contributed by atoms with Crippen molar-refractivity contribution in [2.75, 3.05) is 0 Å². The van der Waals surface area contributed by atoms with E-state index in [2.05, 4.69) is 31.9 Å². The van der Waals surface area contributed by atoms with Crippen LogP contribution >= 0.6 is 31.9 Å². The summed E-state index contributed by atoms with van der Waals surface area (Å²) < 4.78 is 0. The molecule has 2 nitrogen and oxygen atoms in total. The second-order valence-corrected chi connectivity index (χ2v) is 7.35. The second kappa shape index (κ2) is 2.58. The molecular formula is C11H10Br2O2. The maximum Gasteiger partial charge on any atom is 0.150 e. The van der Waals surface area contributed by atoms with Gasteiger partial charge in [0.05, 0.1) is 9.65 Å². The highest BCUT2D eigenvalue weighted by Crippen LogP contribution is 2.70. The monoisotopic (exact) mass is 332 g/mol. The van der Waals surface area contributed by atoms with E-state index in [9.17, 15) is 9.59 Å². The molecule has 0 saturated heterocycles. The van der Waals surface area contributed by atoms with E-state index in [0.29, 0.717) is 35.2 Å². The molecule has 4 rings (SSSR count). The Bertz CT molecular complexity index is 358. The van der Waals surface area contributed by atoms with Crippen molar-refractivity contribution in [2.24, 2.45) is 35.5 Å². The largest absolute Gasteiger partial charge is 0.298 e. The molecule has 0 aromatic carbocycles. The summed E-state index contributed by atoms with van der Waals surface area (Å²) in [4.78, 5) is 24.2. The Hall–Kier alpha value is 0.300. The van der Waals surface area contributed by atoms with Crippen LogP contribution in [0.1, 0.15) is 6.42 Å². The third-order valence-corrected chi connectivity index (χ3v) is 7.29. The Balaban J connectivity index is 1.93. The van der Waals surface area contributed by atoms with Gasteiger partial charge in [-0.05, 0) is 30.1 Å². The van der Waals surface area contributed by atoms with Crippen molar-refractivity contribution in [2.45, 2.75) is 16.1 Å². The van der Waals surface area contributed by atoms with Crippen LogP contribution in [-0.4, -0.2) is 21.2 Å². The molecule has 80 valence electrons. The molecule has 2 bridgehead atoms. The summed E-state index contributed by atoms with van der Waals surface area (Å²) in [5.74, 6) is 2.63. The van der Waals surface area contributed by atoms with Crippen molar-refractivity contribution in [1.82, 2.24) is 0 Å². The van der Waals surface area contributed by atoms with Gasteiger partial charge in [-0.3, -0.25) is 9.59 Å². The maximum atomic E-state index is 12.1. The predicted octanol–water partition coefficient (Wildman–Crippen LogP) is 1.79. The molecule has 4 aliphatic carbocycles. The lowest BCUT2D eigenvalue weighted by atomic mass is 9.79. The number of Topliss-reactive ketones (excluding diaryl/α,β-unsaturated/α-hetero) is 2. The van der Waals surface area contributed by atoms with Crippen molar-refractivity contribution in [3.63, 3.8) is 0 Å². The van der Waals surface area contributed by atoms with Crippen molar-refractivity contribution >= 4 is 43.4 Å². The number of hydrogen-bond donors (Lipinski definition) is 0. The van der Waals surface area contributed by atoms with Gasteiger partial charge in [-0.15, -0.1) is 0 Å². The minimum Gasteiger partial charge on any atom is -0.298 e. The molecule has 0 amide bonds. The van der Waals surface area contributed by atoms with Crippen molar-refractivity contribution < 1.29 is 9.59 Å². The van der Waals surface area contributed by atoms with Crippen LogP contribution in [0.3, 0.4) is 0 Å². The molecule has 0 aromatic heterocycles. The number of hydrogen-bond acceptors (Lipinski definition) is 2. The highest BCUT2D eigenvalue weighted by molar-refractivity contribution is 9.10. The topological polar surface area (TPSA) is 34.1 Å². The molecule has 15 heavy (non-hydrogen) atoms. The summed E-state index contributed by atoms with van der Waals surface area (Å²) in [7, 11) is 0. The minimum absolute atomic E-state index is 0.0284. The summed E-state index contributed by atoms with van der Waals surface area (Å²) in [5.41, 5.74) is 0. The summed E-state index contributed by atoms with van der Waals surface area (Å²) >= 11 is 7.09. The van der Waals surface area contributed by atoms with Crippen LogP contribution in [0, 0.1) is 35.5 Å². The van der Waals surface area contributed by atoms with Gasteiger partial charge in [0.1, 0.15) is 0 Å². The Morgan fingerprint density at radius 2 is 1.27 bits per heavy atom. The number of ketones is 2. The van der Waals surface area contributed by atoms with Crippen molar-refractivity contribution in [3.8, 4) is 0 Å². The van der Waals surface area contributed by atoms with E-state index in [1.807, 2.05) is 0 Å². The van der Waals surface area contributed by atoms with E-state index >= 15 is 0 Å². The summed E-state index contributed by atoms with van der Waals surface area (Å²) in [5, 5.41) is 0. The fourth-order valence-corrected chi connectivity index (χ4v) is 6.95. The summed E-state index contributed by atoms with van der Waals surface area (Å²) in [6.07, 6.45) is 1.12. The standard InChI is InChI=1S/C11H10Br2O2/c12-8-4-2-1-3-5(4)9(13)11(15)7(3)6(2)10(8)14/h2-9H,1H2/t2-,3+,4+,5-,6+,7-,8-,9+. The van der Waals surface area contributed by atoms with Crippen molar-refractivity contribution in [3.05, 3.63) is 0 Å². The molecular weight excluding hydrogens is 324 g/mol. The van der Waals surface area contributed by atoms with E-state index in [4.69, 9.17) is 0 Å². The van der Waals surface area contributed by atoms with Crippen LogP contribution in [-0.2, 0) is 9.59 Å². The number of fused-ring (bicyclic) bond motifs is 2. The van der Waals surface area contributed by atoms with Gasteiger partial charge in [0.25, 0.3) is 0 Å². The van der Waals surface area contributed by atoms with Crippen LogP contribution in [0.15, 0.2) is 0 Å². The van der Waals surface area contributed by atoms with Gasteiger partial charge in [0.15, 0.2) is 11.6 Å². The summed E-state index contributed by atoms with van der Waals surface area (Å²) in [6.45, 7) is 0. The summed E-state index contributed by atoms with van der Waals surface area (Å²) in [6, 6.07) is 0. The van der Waals surface area contributed by atoms with Gasteiger partial charge < -0.3 is 0 Å². The average Bonchev–Trinajstić information content (AvgIpc) is 2.85. The van der Waals surface area contributed by atoms with Gasteiger partial charge >= 0.3 is 0 Å². The van der Waals surface area contributed by atoms with Crippen LogP contribution in [0.4, 0.5) is 0 Å². The molecule has 0 spiro atoms. The van der Waals surface area contributed by atoms with Gasteiger partial charge in [-0.2, -0.15) is 0 Å². The molecule has 4 saturated carbocycles. The first-order valence-electron chi connectivity index (χ1n) is 5.48. The molecule has 4 fully saturated rings. The molecule has 0 aliphatic heterocycles. The molecule has 4 heteroatoms. The van der Waals surface area contributed by atoms with Crippen LogP contribution in [0.5, 0.6) is 0 Å². The first-order chi connectivity index (χ1) is 7.13. The Labute approximate surface area is 104 Å². The minimum atomic E-state index is 0.0284. The number of halogens is 2. The lowest BCUT2D eigenvalue weighted by molar-refractivity contribution is -0.128. The quantitative estimate of drug-likeness (QED) is 0.633. The molecule has 0 heterocycles. The highest BCUT2D eigenvalue weighted by Gasteiger charge is 2.74. The van der Waals surface area contributed by atoms with Gasteiger partial charge in [-0.1, -0.05) is 31.9 Å². The average molecular weight is 334 g/mol. The lowest BCUT2D eigenvalue weighted by Gasteiger charge is -2.25. The SMILES string of the molecule is O=C1[C@@H]2[C@H]3C[C@H]4[C@@H]2C(=O)[C@H](Br)[C@@H]4[C@@H]3[C@@H]1Br. The zero-order valence-corrected chi connectivity index (χ0v) is 11.1. The maximum absolute atomic E-state index is 12.1. The van der Waals surface area contributed by atoms with Crippen LogP contribution < -0.4 is 0 Å². The van der Waals surface area contributed by atoms with Gasteiger partial charge in [-0.25, -0.2) is 0 Å². The zero-order chi connectivity index (χ0) is 10.5. The first-order valence-corrected chi connectivity index (χ1v) is 7.31. The first kappa shape index (κ1) is 9.34. The molecule has 0 radical (unpaired) electrons. The third kappa shape index (κ3) is 0.791. The Morgan fingerprint density at radius 1 is 0.867 bits per heavy atom. The lowest BCUT2D eigenvalue weighted by Crippen LogP contribution is -2.29. The normalized spacial score (nSPS) is 64.7. The molecule has 0 unspecified atom stereocenters. The number of carbonyl (C=O) groups is 2. The third-order valence-electron chi connectivity index (χ3n) is 5.16. The molecule has 0 aromatic rings. The van der Waals surface area contributed by atoms with Crippen molar-refractivity contribution in [1.29, 1.82) is 0 Å². The second-order valence-electron chi connectivity index (χ2n) is 5.38. The zero-order valence-electron chi connectivity index (χ0n) is 7.90. The smallest absolute Gasteiger partial charge is 0.150 e. The van der Waals surface area contributed by atoms with E-state index < -0.39 is 0 Å². The Morgan fingerprint density at radius 3 is 1.67 bits per heavy atom. The highest BCUT2D eigenvalue weighted by atomic mass is 79.9. The predicted molar refractivity (Wildman–Crippen MR) is 61.0 cm³/mol. The molecule has 4 aliphatic rings. The van der Waals surface area contributed by atoms with E-state index in [1.165, 1.54) is 0 Å². The number of rotatable bonds is 0. The fraction of sp³-hybridized carbons (Fsp3) is 0.818. The van der Waals surface area contributed by atoms with Gasteiger partial charge in [0, 0.05) is 11.8 Å². The molecule has 0 N–H and O–H groups in total. The Kier molecular flexibility index (Phi) is 1.61. The van der Waals surface area contributed by atoms with E-state index in [0.717, 1.165) is 6.42 Å². The fourth-order valence-electron chi connectivity index (χ4n) is 4.85. The van der Waals surface area contributed by atoms with Gasteiger partial charge in [0.2, 0.25) is 0 Å².